The van der Waals surface area contributed by atoms with Gasteiger partial charge >= 0.3 is 0 Å². The van der Waals surface area contributed by atoms with Gasteiger partial charge < -0.3 is 0 Å². The van der Waals surface area contributed by atoms with Crippen LogP contribution in [0.1, 0.15) is 22.6 Å². The minimum Gasteiger partial charge on any atom is -0.0619 e. The molecule has 0 heteroatoms. The largest absolute Gasteiger partial charge is 0.0619 e. The van der Waals surface area contributed by atoms with Crippen LogP contribution in [-0.4, -0.2) is 0 Å². The highest BCUT2D eigenvalue weighted by molar-refractivity contribution is 5.98. The molecular formula is C28H20. The van der Waals surface area contributed by atoms with E-state index >= 15 is 0 Å². The van der Waals surface area contributed by atoms with Crippen LogP contribution in [0.2, 0.25) is 0 Å². The molecule has 0 aromatic heterocycles. The fraction of sp³-hybridized carbons (Fsp3) is 0.0714. The lowest BCUT2D eigenvalue weighted by atomic mass is 9.89. The molecule has 0 radical (unpaired) electrons. The van der Waals surface area contributed by atoms with Crippen LogP contribution in [0.4, 0.5) is 0 Å². The zero-order chi connectivity index (χ0) is 18.5. The number of fused-ring (bicyclic) bond motifs is 5. The van der Waals surface area contributed by atoms with Crippen LogP contribution >= 0.6 is 0 Å². The van der Waals surface area contributed by atoms with E-state index in [4.69, 9.17) is 0 Å². The van der Waals surface area contributed by atoms with Crippen molar-refractivity contribution < 1.29 is 0 Å². The lowest BCUT2D eigenvalue weighted by Gasteiger charge is -2.14. The first-order chi connectivity index (χ1) is 13.9. The van der Waals surface area contributed by atoms with Crippen molar-refractivity contribution in [3.8, 4) is 11.1 Å². The Balaban J connectivity index is 1.45. The van der Waals surface area contributed by atoms with Gasteiger partial charge in [-0.1, -0.05) is 91.0 Å². The average Bonchev–Trinajstić information content (AvgIpc) is 3.06. The maximum atomic E-state index is 2.38. The predicted octanol–water partition coefficient (Wildman–Crippen LogP) is 7.35. The molecule has 132 valence electrons. The summed E-state index contributed by atoms with van der Waals surface area (Å²) in [5.74, 6) is 0.435. The molecule has 1 aliphatic carbocycles. The SMILES string of the molecule is c1ccc2c(c1)-c1ccccc1C2Cc1ccc2cc3ccccc3cc2c1. The van der Waals surface area contributed by atoms with Gasteiger partial charge in [-0.3, -0.25) is 0 Å². The van der Waals surface area contributed by atoms with Gasteiger partial charge in [-0.15, -0.1) is 0 Å². The van der Waals surface area contributed by atoms with Crippen molar-refractivity contribution in [2.45, 2.75) is 12.3 Å². The first kappa shape index (κ1) is 15.7. The molecule has 5 aromatic carbocycles. The van der Waals surface area contributed by atoms with Crippen molar-refractivity contribution in [2.75, 3.05) is 0 Å². The maximum Gasteiger partial charge on any atom is 0.0142 e. The van der Waals surface area contributed by atoms with E-state index in [1.807, 2.05) is 0 Å². The Morgan fingerprint density at radius 3 is 1.68 bits per heavy atom. The summed E-state index contributed by atoms with van der Waals surface area (Å²) < 4.78 is 0. The number of rotatable bonds is 2. The zero-order valence-corrected chi connectivity index (χ0v) is 15.6. The number of hydrogen-bond donors (Lipinski definition) is 0. The van der Waals surface area contributed by atoms with Crippen molar-refractivity contribution in [3.05, 3.63) is 120 Å². The highest BCUT2D eigenvalue weighted by Crippen LogP contribution is 2.46. The van der Waals surface area contributed by atoms with Crippen LogP contribution in [0.5, 0.6) is 0 Å². The van der Waals surface area contributed by atoms with Crippen molar-refractivity contribution in [3.63, 3.8) is 0 Å². The maximum absolute atomic E-state index is 2.38. The molecule has 0 unspecified atom stereocenters. The second-order valence-corrected chi connectivity index (χ2v) is 7.81. The summed E-state index contributed by atoms with van der Waals surface area (Å²) in [5, 5.41) is 5.26. The molecule has 5 aromatic rings. The molecule has 1 aliphatic rings. The zero-order valence-electron chi connectivity index (χ0n) is 15.6. The monoisotopic (exact) mass is 356 g/mol. The molecule has 28 heavy (non-hydrogen) atoms. The van der Waals surface area contributed by atoms with E-state index in [1.54, 1.807) is 0 Å². The van der Waals surface area contributed by atoms with Gasteiger partial charge in [0.15, 0.2) is 0 Å². The third-order valence-electron chi connectivity index (χ3n) is 6.17. The van der Waals surface area contributed by atoms with Crippen LogP contribution < -0.4 is 0 Å². The van der Waals surface area contributed by atoms with E-state index in [2.05, 4.69) is 103 Å². The summed E-state index contributed by atoms with van der Waals surface area (Å²) in [6.07, 6.45) is 1.04. The van der Waals surface area contributed by atoms with Crippen LogP contribution in [0.3, 0.4) is 0 Å². The van der Waals surface area contributed by atoms with Gasteiger partial charge in [0.1, 0.15) is 0 Å². The molecule has 0 saturated heterocycles. The van der Waals surface area contributed by atoms with E-state index in [0.29, 0.717) is 5.92 Å². The van der Waals surface area contributed by atoms with E-state index < -0.39 is 0 Å². The summed E-state index contributed by atoms with van der Waals surface area (Å²) in [5.41, 5.74) is 7.12. The molecule has 0 N–H and O–H groups in total. The Morgan fingerprint density at radius 2 is 1.00 bits per heavy atom. The van der Waals surface area contributed by atoms with Crippen LogP contribution in [0, 0.1) is 0 Å². The Bertz CT molecular complexity index is 1300. The standard InChI is InChI=1S/C28H20/c1-2-8-21-18-23-15-19(13-14-22(23)17-20(21)7-1)16-28-26-11-5-3-9-24(26)25-10-4-6-12-27(25)28/h1-15,17-18,28H,16H2. The Labute approximate surface area is 165 Å². The molecule has 0 spiro atoms. The molecular weight excluding hydrogens is 336 g/mol. The van der Waals surface area contributed by atoms with Gasteiger partial charge in [-0.25, -0.2) is 0 Å². The molecule has 0 bridgehead atoms. The highest BCUT2D eigenvalue weighted by atomic mass is 14.3. The summed E-state index contributed by atoms with van der Waals surface area (Å²) in [6.45, 7) is 0. The number of benzene rings is 5. The van der Waals surface area contributed by atoms with E-state index in [9.17, 15) is 0 Å². The van der Waals surface area contributed by atoms with Gasteiger partial charge in [-0.05, 0) is 67.9 Å². The molecule has 0 fully saturated rings. The van der Waals surface area contributed by atoms with Crippen LogP contribution in [0.25, 0.3) is 32.7 Å². The first-order valence-electron chi connectivity index (χ1n) is 9.96. The first-order valence-corrected chi connectivity index (χ1v) is 9.96. The molecule has 0 heterocycles. The van der Waals surface area contributed by atoms with Crippen molar-refractivity contribution in [1.82, 2.24) is 0 Å². The van der Waals surface area contributed by atoms with Crippen LogP contribution in [0.15, 0.2) is 103 Å². The van der Waals surface area contributed by atoms with Crippen molar-refractivity contribution in [1.29, 1.82) is 0 Å². The van der Waals surface area contributed by atoms with Gasteiger partial charge in [0, 0.05) is 5.92 Å². The smallest absolute Gasteiger partial charge is 0.0142 e. The third kappa shape index (κ3) is 2.38. The summed E-state index contributed by atoms with van der Waals surface area (Å²) in [6, 6.07) is 38.0. The van der Waals surface area contributed by atoms with Gasteiger partial charge in [0.25, 0.3) is 0 Å². The van der Waals surface area contributed by atoms with Crippen LogP contribution in [-0.2, 0) is 6.42 Å². The lowest BCUT2D eigenvalue weighted by Crippen LogP contribution is -2.01. The lowest BCUT2D eigenvalue weighted by molar-refractivity contribution is 0.828. The van der Waals surface area contributed by atoms with E-state index in [1.165, 1.54) is 49.4 Å². The fourth-order valence-electron chi connectivity index (χ4n) is 4.83. The second kappa shape index (κ2) is 6.07. The van der Waals surface area contributed by atoms with E-state index in [0.717, 1.165) is 6.42 Å². The molecule has 0 nitrogen and oxygen atoms in total. The highest BCUT2D eigenvalue weighted by Gasteiger charge is 2.27. The summed E-state index contributed by atoms with van der Waals surface area (Å²) in [4.78, 5) is 0. The molecule has 0 aliphatic heterocycles. The summed E-state index contributed by atoms with van der Waals surface area (Å²) in [7, 11) is 0. The predicted molar refractivity (Wildman–Crippen MR) is 119 cm³/mol. The molecule has 6 rings (SSSR count). The van der Waals surface area contributed by atoms with Gasteiger partial charge in [-0.2, -0.15) is 0 Å². The Kier molecular flexibility index (Phi) is 3.39. The van der Waals surface area contributed by atoms with Gasteiger partial charge in [0.2, 0.25) is 0 Å². The quantitative estimate of drug-likeness (QED) is 0.290. The molecule has 0 saturated carbocycles. The third-order valence-corrected chi connectivity index (χ3v) is 6.17. The molecule has 0 amide bonds. The topological polar surface area (TPSA) is 0 Å². The second-order valence-electron chi connectivity index (χ2n) is 7.81. The normalized spacial score (nSPS) is 13.0. The minimum absolute atomic E-state index is 0.435. The fourth-order valence-corrected chi connectivity index (χ4v) is 4.83. The number of hydrogen-bond acceptors (Lipinski definition) is 0. The Morgan fingerprint density at radius 1 is 0.464 bits per heavy atom. The minimum atomic E-state index is 0.435. The Hall–Kier alpha value is -3.38. The average molecular weight is 356 g/mol. The summed E-state index contributed by atoms with van der Waals surface area (Å²) >= 11 is 0. The van der Waals surface area contributed by atoms with Crippen molar-refractivity contribution in [2.24, 2.45) is 0 Å². The van der Waals surface area contributed by atoms with E-state index in [-0.39, 0.29) is 0 Å². The molecule has 0 atom stereocenters. The van der Waals surface area contributed by atoms with Crippen molar-refractivity contribution >= 4 is 21.5 Å². The van der Waals surface area contributed by atoms with Gasteiger partial charge in [0.05, 0.1) is 0 Å².